The number of nitrogens with one attached hydrogen (secondary N) is 1. The number of hydrogen-bond acceptors (Lipinski definition) is 2. The van der Waals surface area contributed by atoms with Crippen LogP contribution in [-0.2, 0) is 17.8 Å². The summed E-state index contributed by atoms with van der Waals surface area (Å²) in [7, 11) is 0. The fourth-order valence-corrected chi connectivity index (χ4v) is 5.41. The lowest BCUT2D eigenvalue weighted by molar-refractivity contribution is -0.133. The van der Waals surface area contributed by atoms with E-state index >= 15 is 0 Å². The van der Waals surface area contributed by atoms with E-state index in [0.717, 1.165) is 42.5 Å². The molecule has 0 saturated heterocycles. The number of hydrogen-bond donors (Lipinski definition) is 1. The number of carbonyl (C=O) groups is 2. The molecular formula is C28H30ClN3O2. The van der Waals surface area contributed by atoms with Crippen molar-refractivity contribution in [2.24, 2.45) is 0 Å². The molecule has 1 aliphatic carbocycles. The highest BCUT2D eigenvalue weighted by Gasteiger charge is 2.48. The van der Waals surface area contributed by atoms with Gasteiger partial charge in [-0.2, -0.15) is 0 Å². The maximum atomic E-state index is 13.8. The predicted molar refractivity (Wildman–Crippen MR) is 135 cm³/mol. The highest BCUT2D eigenvalue weighted by atomic mass is 35.5. The van der Waals surface area contributed by atoms with Gasteiger partial charge >= 0.3 is 0 Å². The Labute approximate surface area is 205 Å². The Kier molecular flexibility index (Phi) is 6.22. The van der Waals surface area contributed by atoms with E-state index in [1.165, 1.54) is 0 Å². The molecule has 176 valence electrons. The van der Waals surface area contributed by atoms with Gasteiger partial charge in [0.05, 0.1) is 6.54 Å². The minimum Gasteiger partial charge on any atom is -0.351 e. The van der Waals surface area contributed by atoms with Gasteiger partial charge in [-0.3, -0.25) is 9.59 Å². The average Bonchev–Trinajstić information content (AvgIpc) is 3.50. The van der Waals surface area contributed by atoms with Gasteiger partial charge in [-0.05, 0) is 61.6 Å². The molecule has 0 bridgehead atoms. The summed E-state index contributed by atoms with van der Waals surface area (Å²) in [6.07, 6.45) is 4.94. The normalized spacial score (nSPS) is 20.4. The number of nitrogens with zero attached hydrogens (tertiary/aromatic N) is 2. The number of carbonyl (C=O) groups excluding carboxylic acids is 2. The van der Waals surface area contributed by atoms with E-state index in [1.807, 2.05) is 78.2 Å². The molecule has 1 fully saturated rings. The van der Waals surface area contributed by atoms with Crippen LogP contribution in [0.15, 0.2) is 66.7 Å². The van der Waals surface area contributed by atoms with Gasteiger partial charge in [0.1, 0.15) is 11.2 Å². The third-order valence-corrected chi connectivity index (χ3v) is 7.55. The molecule has 6 heteroatoms. The van der Waals surface area contributed by atoms with E-state index in [-0.39, 0.29) is 17.9 Å². The fourth-order valence-electron chi connectivity index (χ4n) is 5.29. The van der Waals surface area contributed by atoms with Crippen molar-refractivity contribution in [3.05, 3.63) is 83.0 Å². The van der Waals surface area contributed by atoms with Crippen molar-refractivity contribution in [1.29, 1.82) is 0 Å². The number of benzene rings is 2. The van der Waals surface area contributed by atoms with Crippen LogP contribution in [0, 0.1) is 0 Å². The molecule has 5 nitrogen and oxygen atoms in total. The zero-order valence-corrected chi connectivity index (χ0v) is 20.2. The van der Waals surface area contributed by atoms with Crippen molar-refractivity contribution < 1.29 is 9.59 Å². The summed E-state index contributed by atoms with van der Waals surface area (Å²) in [4.78, 5) is 29.3. The van der Waals surface area contributed by atoms with Crippen molar-refractivity contribution in [3.8, 4) is 11.3 Å². The third-order valence-electron chi connectivity index (χ3n) is 7.29. The van der Waals surface area contributed by atoms with Crippen molar-refractivity contribution in [2.75, 3.05) is 6.54 Å². The molecule has 2 heterocycles. The molecule has 1 saturated carbocycles. The number of halogens is 1. The molecule has 34 heavy (non-hydrogen) atoms. The molecule has 1 unspecified atom stereocenters. The van der Waals surface area contributed by atoms with Crippen LogP contribution in [0.1, 0.15) is 48.7 Å². The van der Waals surface area contributed by atoms with Crippen molar-refractivity contribution in [2.45, 2.75) is 57.2 Å². The lowest BCUT2D eigenvalue weighted by Gasteiger charge is -2.45. The molecule has 1 N–H and O–H groups in total. The molecule has 0 spiro atoms. The van der Waals surface area contributed by atoms with Gasteiger partial charge in [-0.15, -0.1) is 0 Å². The minimum atomic E-state index is -0.984. The summed E-state index contributed by atoms with van der Waals surface area (Å²) >= 11 is 6.04. The highest BCUT2D eigenvalue weighted by molar-refractivity contribution is 6.30. The van der Waals surface area contributed by atoms with Gasteiger partial charge in [0.15, 0.2) is 0 Å². The first kappa shape index (κ1) is 22.7. The lowest BCUT2D eigenvalue weighted by atomic mass is 9.93. The van der Waals surface area contributed by atoms with Crippen molar-refractivity contribution in [1.82, 2.24) is 14.8 Å². The Hall–Kier alpha value is -3.05. The van der Waals surface area contributed by atoms with Gasteiger partial charge in [0.25, 0.3) is 5.91 Å². The molecule has 1 aliphatic heterocycles. The zero-order valence-electron chi connectivity index (χ0n) is 19.5. The summed E-state index contributed by atoms with van der Waals surface area (Å²) in [6, 6.07) is 21.8. The Morgan fingerprint density at radius 3 is 2.38 bits per heavy atom. The van der Waals surface area contributed by atoms with Crippen LogP contribution < -0.4 is 5.32 Å². The molecule has 0 radical (unpaired) electrons. The van der Waals surface area contributed by atoms with Crippen LogP contribution in [0.5, 0.6) is 0 Å². The molecule has 3 aromatic rings. The van der Waals surface area contributed by atoms with Gasteiger partial charge in [-0.1, -0.05) is 66.9 Å². The second-order valence-corrected chi connectivity index (χ2v) is 10.1. The number of fused-ring (bicyclic) bond motifs is 1. The maximum Gasteiger partial charge on any atom is 0.271 e. The van der Waals surface area contributed by atoms with E-state index in [4.69, 9.17) is 11.6 Å². The van der Waals surface area contributed by atoms with Crippen LogP contribution in [0.2, 0.25) is 5.02 Å². The fraction of sp³-hybridized carbons (Fsp3) is 0.357. The summed E-state index contributed by atoms with van der Waals surface area (Å²) < 4.78 is 2.02. The molecule has 2 aliphatic rings. The van der Waals surface area contributed by atoms with Crippen molar-refractivity contribution >= 4 is 23.4 Å². The van der Waals surface area contributed by atoms with E-state index in [1.54, 1.807) is 4.90 Å². The van der Waals surface area contributed by atoms with E-state index in [9.17, 15) is 9.59 Å². The average molecular weight is 476 g/mol. The van der Waals surface area contributed by atoms with Gasteiger partial charge in [0, 0.05) is 23.3 Å². The summed E-state index contributed by atoms with van der Waals surface area (Å²) in [5, 5.41) is 3.95. The highest BCUT2D eigenvalue weighted by Crippen LogP contribution is 2.34. The van der Waals surface area contributed by atoms with E-state index in [0.29, 0.717) is 30.2 Å². The smallest absolute Gasteiger partial charge is 0.271 e. The number of rotatable bonds is 6. The summed E-state index contributed by atoms with van der Waals surface area (Å²) in [5.41, 5.74) is 2.72. The second-order valence-electron chi connectivity index (χ2n) is 9.62. The lowest BCUT2D eigenvalue weighted by Crippen LogP contribution is -2.65. The van der Waals surface area contributed by atoms with Gasteiger partial charge < -0.3 is 14.8 Å². The Morgan fingerprint density at radius 2 is 1.68 bits per heavy atom. The summed E-state index contributed by atoms with van der Waals surface area (Å²) in [5.74, 6) is -0.173. The molecule has 2 amide bonds. The number of amides is 2. The largest absolute Gasteiger partial charge is 0.351 e. The molecular weight excluding hydrogens is 446 g/mol. The van der Waals surface area contributed by atoms with Crippen LogP contribution in [0.25, 0.3) is 11.3 Å². The topological polar surface area (TPSA) is 54.3 Å². The first-order valence-corrected chi connectivity index (χ1v) is 12.5. The molecule has 1 atom stereocenters. The van der Waals surface area contributed by atoms with Crippen LogP contribution >= 0.6 is 11.6 Å². The zero-order chi connectivity index (χ0) is 23.7. The Morgan fingerprint density at radius 1 is 1.00 bits per heavy atom. The number of aromatic nitrogens is 1. The van der Waals surface area contributed by atoms with Crippen molar-refractivity contribution in [3.63, 3.8) is 0 Å². The van der Waals surface area contributed by atoms with E-state index < -0.39 is 5.54 Å². The first-order chi connectivity index (χ1) is 16.5. The van der Waals surface area contributed by atoms with Crippen LogP contribution in [-0.4, -0.2) is 39.4 Å². The minimum absolute atomic E-state index is 0.0674. The van der Waals surface area contributed by atoms with E-state index in [2.05, 4.69) is 5.32 Å². The second kappa shape index (κ2) is 9.30. The first-order valence-electron chi connectivity index (χ1n) is 12.1. The predicted octanol–water partition coefficient (Wildman–Crippen LogP) is 5.32. The quantitative estimate of drug-likeness (QED) is 0.524. The van der Waals surface area contributed by atoms with Crippen LogP contribution in [0.4, 0.5) is 0 Å². The molecule has 5 rings (SSSR count). The SMILES string of the molecule is CC1(C(=O)NC2CCCC2)Cn2c(ccc2-c2ccccc2)C(=O)N1CCc1ccc(Cl)cc1. The molecule has 1 aromatic heterocycles. The van der Waals surface area contributed by atoms with Gasteiger partial charge in [-0.25, -0.2) is 0 Å². The monoisotopic (exact) mass is 475 g/mol. The Balaban J connectivity index is 1.49. The van der Waals surface area contributed by atoms with Crippen LogP contribution in [0.3, 0.4) is 0 Å². The Bertz CT molecular complexity index is 1180. The maximum absolute atomic E-state index is 13.8. The molecule has 2 aromatic carbocycles. The summed E-state index contributed by atoms with van der Waals surface area (Å²) in [6.45, 7) is 2.79. The van der Waals surface area contributed by atoms with Gasteiger partial charge in [0.2, 0.25) is 5.91 Å². The standard InChI is InChI=1S/C28H30ClN3O2/c1-28(27(34)30-23-9-5-6-10-23)19-31-24(21-7-3-2-4-8-21)15-16-25(31)26(33)32(28)18-17-20-11-13-22(29)14-12-20/h2-4,7-8,11-16,23H,5-6,9-10,17-19H2,1H3,(H,30,34). The third kappa shape index (κ3) is 4.25.